The molecule has 21 heavy (non-hydrogen) atoms. The van der Waals surface area contributed by atoms with Gasteiger partial charge < -0.3 is 14.5 Å². The van der Waals surface area contributed by atoms with Crippen molar-refractivity contribution in [3.05, 3.63) is 53.5 Å². The number of hydrogen-bond acceptors (Lipinski definition) is 3. The van der Waals surface area contributed by atoms with Crippen LogP contribution >= 0.6 is 0 Å². The maximum atomic E-state index is 5.89. The zero-order chi connectivity index (χ0) is 14.7. The molecule has 1 heterocycles. The molecule has 0 bridgehead atoms. The molecule has 1 aliphatic carbocycles. The number of nitrogens with one attached hydrogen (secondary N) is 1. The van der Waals surface area contributed by atoms with Crippen molar-refractivity contribution >= 4 is 0 Å². The third-order valence-corrected chi connectivity index (χ3v) is 4.00. The Balaban J connectivity index is 1.49. The fraction of sp³-hybridized carbons (Fsp3) is 0.444. The second-order valence-electron chi connectivity index (χ2n) is 5.81. The smallest absolute Gasteiger partial charge is 0.119 e. The molecule has 3 nitrogen and oxygen atoms in total. The average Bonchev–Trinajstić information content (AvgIpc) is 3.02. The predicted octanol–water partition coefficient (Wildman–Crippen LogP) is 4.09. The van der Waals surface area contributed by atoms with Gasteiger partial charge in [-0.2, -0.15) is 0 Å². The molecule has 0 spiro atoms. The Kier molecular flexibility index (Phi) is 4.30. The van der Waals surface area contributed by atoms with Crippen molar-refractivity contribution in [1.82, 2.24) is 5.32 Å². The maximum Gasteiger partial charge on any atom is 0.119 e. The summed E-state index contributed by atoms with van der Waals surface area (Å²) in [5, 5.41) is 3.42. The number of hydrogen-bond donors (Lipinski definition) is 1. The molecule has 0 amide bonds. The Hall–Kier alpha value is -1.74. The van der Waals surface area contributed by atoms with E-state index in [0.29, 0.717) is 12.5 Å². The van der Waals surface area contributed by atoms with E-state index in [1.54, 1.807) is 0 Å². The number of rotatable bonds is 7. The lowest BCUT2D eigenvalue weighted by atomic mass is 10.2. The number of benzene rings is 1. The molecule has 3 rings (SSSR count). The van der Waals surface area contributed by atoms with Crippen molar-refractivity contribution in [2.24, 2.45) is 5.92 Å². The van der Waals surface area contributed by atoms with Gasteiger partial charge in [0, 0.05) is 12.5 Å². The first-order chi connectivity index (χ1) is 10.3. The molecular formula is C18H23NO2. The Morgan fingerprint density at radius 1 is 1.24 bits per heavy atom. The van der Waals surface area contributed by atoms with Crippen molar-refractivity contribution < 1.29 is 9.15 Å². The largest absolute Gasteiger partial charge is 0.494 e. The summed E-state index contributed by atoms with van der Waals surface area (Å²) in [6, 6.07) is 12.4. The van der Waals surface area contributed by atoms with E-state index in [9.17, 15) is 0 Å². The fourth-order valence-corrected chi connectivity index (χ4v) is 2.65. The van der Waals surface area contributed by atoms with Crippen molar-refractivity contribution in [3.63, 3.8) is 0 Å². The molecule has 3 heteroatoms. The van der Waals surface area contributed by atoms with Gasteiger partial charge in [0.25, 0.3) is 0 Å². The van der Waals surface area contributed by atoms with E-state index >= 15 is 0 Å². The van der Waals surface area contributed by atoms with Crippen molar-refractivity contribution in [1.29, 1.82) is 0 Å². The van der Waals surface area contributed by atoms with E-state index in [1.807, 2.05) is 19.1 Å². The van der Waals surface area contributed by atoms with Crippen LogP contribution in [-0.2, 0) is 13.1 Å². The van der Waals surface area contributed by atoms with E-state index in [-0.39, 0.29) is 0 Å². The van der Waals surface area contributed by atoms with Crippen molar-refractivity contribution in [3.8, 4) is 5.75 Å². The van der Waals surface area contributed by atoms with Gasteiger partial charge >= 0.3 is 0 Å². The minimum atomic E-state index is 0.654. The van der Waals surface area contributed by atoms with Crippen molar-refractivity contribution in [2.75, 3.05) is 6.61 Å². The van der Waals surface area contributed by atoms with Gasteiger partial charge in [-0.1, -0.05) is 19.1 Å². The molecular weight excluding hydrogens is 262 g/mol. The second kappa shape index (κ2) is 6.35. The van der Waals surface area contributed by atoms with E-state index in [2.05, 4.69) is 36.5 Å². The molecule has 1 aromatic carbocycles. The average molecular weight is 285 g/mol. The number of ether oxygens (including phenoxy) is 1. The minimum absolute atomic E-state index is 0.654. The summed E-state index contributed by atoms with van der Waals surface area (Å²) in [6.45, 7) is 6.55. The van der Waals surface area contributed by atoms with Crippen LogP contribution in [0.2, 0.25) is 0 Å². The highest BCUT2D eigenvalue weighted by Gasteiger charge is 2.36. The van der Waals surface area contributed by atoms with Crippen LogP contribution in [0.25, 0.3) is 0 Å². The topological polar surface area (TPSA) is 34.4 Å². The summed E-state index contributed by atoms with van der Waals surface area (Å²) in [7, 11) is 0. The first-order valence-corrected chi connectivity index (χ1v) is 7.77. The maximum absolute atomic E-state index is 5.89. The summed E-state index contributed by atoms with van der Waals surface area (Å²) < 4.78 is 11.4. The monoisotopic (exact) mass is 285 g/mol. The van der Waals surface area contributed by atoms with Gasteiger partial charge in [-0.15, -0.1) is 0 Å². The van der Waals surface area contributed by atoms with Crippen LogP contribution in [0.3, 0.4) is 0 Å². The standard InChI is InChI=1S/C18H23NO2/c1-3-20-15-6-4-5-14(10-15)11-19-12-16-7-8-18(21-16)17-9-13(17)2/h4-8,10,13,17,19H,3,9,11-12H2,1-2H3/t13-,17-/m1/s1. The summed E-state index contributed by atoms with van der Waals surface area (Å²) in [6.07, 6.45) is 1.27. The van der Waals surface area contributed by atoms with E-state index < -0.39 is 0 Å². The first kappa shape index (κ1) is 14.2. The molecule has 112 valence electrons. The first-order valence-electron chi connectivity index (χ1n) is 7.77. The third kappa shape index (κ3) is 3.67. The van der Waals surface area contributed by atoms with Crippen LogP contribution in [0.4, 0.5) is 0 Å². The van der Waals surface area contributed by atoms with Crippen LogP contribution < -0.4 is 10.1 Å². The molecule has 1 aliphatic rings. The molecule has 0 saturated heterocycles. The fourth-order valence-electron chi connectivity index (χ4n) is 2.65. The van der Waals surface area contributed by atoms with Gasteiger partial charge in [0.15, 0.2) is 0 Å². The molecule has 1 saturated carbocycles. The number of furan rings is 1. The minimum Gasteiger partial charge on any atom is -0.494 e. The SMILES string of the molecule is CCOc1cccc(CNCc2ccc([C@@H]3C[C@H]3C)o2)c1. The molecule has 1 fully saturated rings. The van der Waals surface area contributed by atoms with Gasteiger partial charge in [0.2, 0.25) is 0 Å². The van der Waals surface area contributed by atoms with Gasteiger partial charge in [0.1, 0.15) is 17.3 Å². The normalized spacial score (nSPS) is 20.5. The summed E-state index contributed by atoms with van der Waals surface area (Å²) in [5.74, 6) is 4.54. The second-order valence-corrected chi connectivity index (χ2v) is 5.81. The Morgan fingerprint density at radius 2 is 2.10 bits per heavy atom. The van der Waals surface area contributed by atoms with Crippen LogP contribution in [0.1, 0.15) is 43.3 Å². The lowest BCUT2D eigenvalue weighted by Gasteiger charge is -2.06. The molecule has 2 aromatic rings. The highest BCUT2D eigenvalue weighted by Crippen LogP contribution is 2.47. The lowest BCUT2D eigenvalue weighted by molar-refractivity contribution is 0.340. The van der Waals surface area contributed by atoms with Crippen LogP contribution in [0.5, 0.6) is 5.75 Å². The highest BCUT2D eigenvalue weighted by atomic mass is 16.5. The Morgan fingerprint density at radius 3 is 2.86 bits per heavy atom. The molecule has 0 unspecified atom stereocenters. The van der Waals surface area contributed by atoms with Gasteiger partial charge in [-0.25, -0.2) is 0 Å². The zero-order valence-corrected chi connectivity index (χ0v) is 12.8. The van der Waals surface area contributed by atoms with Crippen LogP contribution in [0, 0.1) is 5.92 Å². The zero-order valence-electron chi connectivity index (χ0n) is 12.8. The molecule has 0 aliphatic heterocycles. The quantitative estimate of drug-likeness (QED) is 0.832. The molecule has 1 N–H and O–H groups in total. The Labute approximate surface area is 126 Å². The van der Waals surface area contributed by atoms with Crippen LogP contribution in [0.15, 0.2) is 40.8 Å². The molecule has 2 atom stereocenters. The van der Waals surface area contributed by atoms with Gasteiger partial charge in [-0.3, -0.25) is 0 Å². The summed E-state index contributed by atoms with van der Waals surface area (Å²) in [5.41, 5.74) is 1.23. The Bertz CT molecular complexity index is 590. The van der Waals surface area contributed by atoms with Gasteiger partial charge in [0.05, 0.1) is 13.2 Å². The van der Waals surface area contributed by atoms with E-state index in [0.717, 1.165) is 36.3 Å². The van der Waals surface area contributed by atoms with E-state index in [4.69, 9.17) is 9.15 Å². The third-order valence-electron chi connectivity index (χ3n) is 4.00. The summed E-state index contributed by atoms with van der Waals surface area (Å²) >= 11 is 0. The highest BCUT2D eigenvalue weighted by molar-refractivity contribution is 5.28. The van der Waals surface area contributed by atoms with Crippen LogP contribution in [-0.4, -0.2) is 6.61 Å². The van der Waals surface area contributed by atoms with Gasteiger partial charge in [-0.05, 0) is 49.1 Å². The molecule has 1 aromatic heterocycles. The predicted molar refractivity (Wildman–Crippen MR) is 83.4 cm³/mol. The van der Waals surface area contributed by atoms with E-state index in [1.165, 1.54) is 12.0 Å². The lowest BCUT2D eigenvalue weighted by Crippen LogP contribution is -2.12. The molecule has 0 radical (unpaired) electrons. The van der Waals surface area contributed by atoms with Crippen molar-refractivity contribution in [2.45, 2.75) is 39.3 Å². The summed E-state index contributed by atoms with van der Waals surface area (Å²) in [4.78, 5) is 0.